The third-order valence-corrected chi connectivity index (χ3v) is 4.26. The first-order chi connectivity index (χ1) is 10.2. The Morgan fingerprint density at radius 2 is 2.19 bits per heavy atom. The van der Waals surface area contributed by atoms with E-state index in [0.717, 1.165) is 49.1 Å². The van der Waals surface area contributed by atoms with Gasteiger partial charge in [0.25, 0.3) is 0 Å². The highest BCUT2D eigenvalue weighted by atomic mass is 16.2. The van der Waals surface area contributed by atoms with E-state index in [4.69, 9.17) is 0 Å². The molecule has 0 aromatic carbocycles. The van der Waals surface area contributed by atoms with Crippen molar-refractivity contribution in [2.45, 2.75) is 37.8 Å². The summed E-state index contributed by atoms with van der Waals surface area (Å²) in [6, 6.07) is 0.271. The maximum Gasteiger partial charge on any atom is 0.242 e. The van der Waals surface area contributed by atoms with Gasteiger partial charge in [-0.2, -0.15) is 5.10 Å². The van der Waals surface area contributed by atoms with Crippen molar-refractivity contribution in [3.8, 4) is 0 Å². The summed E-state index contributed by atoms with van der Waals surface area (Å²) in [5, 5.41) is 8.26. The predicted octanol–water partition coefficient (Wildman–Crippen LogP) is 0.611. The molecule has 1 amide bonds. The molecule has 1 N–H and O–H groups in total. The molecule has 0 radical (unpaired) electrons. The van der Waals surface area contributed by atoms with Gasteiger partial charge in [0.2, 0.25) is 5.91 Å². The first-order valence-electron chi connectivity index (χ1n) is 7.44. The molecule has 4 rings (SSSR count). The summed E-state index contributed by atoms with van der Waals surface area (Å²) >= 11 is 0. The molecule has 1 saturated carbocycles. The zero-order valence-electron chi connectivity index (χ0n) is 12.0. The summed E-state index contributed by atoms with van der Waals surface area (Å²) in [6.45, 7) is 0.851. The lowest BCUT2D eigenvalue weighted by atomic mass is 10.2. The van der Waals surface area contributed by atoms with Gasteiger partial charge in [0.1, 0.15) is 18.2 Å². The lowest BCUT2D eigenvalue weighted by molar-refractivity contribution is -0.122. The molecule has 2 aromatic heterocycles. The Kier molecular flexibility index (Phi) is 2.80. The van der Waals surface area contributed by atoms with Crippen LogP contribution >= 0.6 is 0 Å². The van der Waals surface area contributed by atoms with Gasteiger partial charge in [-0.15, -0.1) is 0 Å². The van der Waals surface area contributed by atoms with Gasteiger partial charge in [-0.3, -0.25) is 9.48 Å². The molecule has 110 valence electrons. The van der Waals surface area contributed by atoms with Crippen molar-refractivity contribution >= 4 is 22.8 Å². The third kappa shape index (κ3) is 2.12. The predicted molar refractivity (Wildman–Crippen MR) is 77.8 cm³/mol. The topological polar surface area (TPSA) is 75.9 Å². The van der Waals surface area contributed by atoms with Crippen LogP contribution in [-0.4, -0.2) is 44.3 Å². The molecule has 3 heterocycles. The molecule has 2 aromatic rings. The van der Waals surface area contributed by atoms with Crippen LogP contribution in [0.3, 0.4) is 0 Å². The average Bonchev–Trinajstić information content (AvgIpc) is 3.02. The second kappa shape index (κ2) is 4.68. The molecule has 21 heavy (non-hydrogen) atoms. The molecule has 2 aliphatic rings. The van der Waals surface area contributed by atoms with E-state index in [1.807, 2.05) is 7.05 Å². The smallest absolute Gasteiger partial charge is 0.242 e. The standard InChI is InChI=1S/C14H18N6O/c1-19-12-10(7-17-19)13(16-8-15-12)20-6-2-3-11(20)14(21)18-9-4-5-9/h7-9,11H,2-6H2,1H3,(H,18,21)/t11-/m0/s1. The molecule has 0 unspecified atom stereocenters. The first kappa shape index (κ1) is 12.6. The van der Waals surface area contributed by atoms with Gasteiger partial charge in [0.15, 0.2) is 5.65 Å². The molecular formula is C14H18N6O. The van der Waals surface area contributed by atoms with Gasteiger partial charge >= 0.3 is 0 Å². The lowest BCUT2D eigenvalue weighted by Gasteiger charge is -2.25. The second-order valence-electron chi connectivity index (χ2n) is 5.84. The van der Waals surface area contributed by atoms with Crippen LogP contribution in [0.1, 0.15) is 25.7 Å². The van der Waals surface area contributed by atoms with Crippen molar-refractivity contribution in [3.05, 3.63) is 12.5 Å². The highest BCUT2D eigenvalue weighted by Gasteiger charge is 2.35. The molecule has 7 nitrogen and oxygen atoms in total. The van der Waals surface area contributed by atoms with E-state index >= 15 is 0 Å². The van der Waals surface area contributed by atoms with Crippen molar-refractivity contribution in [3.63, 3.8) is 0 Å². The molecule has 2 fully saturated rings. The molecule has 1 atom stereocenters. The van der Waals surface area contributed by atoms with Crippen molar-refractivity contribution in [1.82, 2.24) is 25.1 Å². The van der Waals surface area contributed by atoms with E-state index in [9.17, 15) is 4.79 Å². The quantitative estimate of drug-likeness (QED) is 0.894. The number of rotatable bonds is 3. The molecular weight excluding hydrogens is 268 g/mol. The Balaban J connectivity index is 1.67. The third-order valence-electron chi connectivity index (χ3n) is 4.26. The fraction of sp³-hybridized carbons (Fsp3) is 0.571. The van der Waals surface area contributed by atoms with Gasteiger partial charge in [-0.05, 0) is 25.7 Å². The van der Waals surface area contributed by atoms with Crippen LogP contribution in [0.4, 0.5) is 5.82 Å². The van der Waals surface area contributed by atoms with Crippen LogP contribution in [0, 0.1) is 0 Å². The molecule has 1 aliphatic heterocycles. The van der Waals surface area contributed by atoms with E-state index in [2.05, 4.69) is 25.3 Å². The fourth-order valence-corrected chi connectivity index (χ4v) is 3.00. The molecule has 0 spiro atoms. The summed E-state index contributed by atoms with van der Waals surface area (Å²) in [6.07, 6.45) is 7.43. The normalized spacial score (nSPS) is 22.0. The number of amides is 1. The Hall–Kier alpha value is -2.18. The van der Waals surface area contributed by atoms with Gasteiger partial charge in [0, 0.05) is 19.6 Å². The SMILES string of the molecule is Cn1ncc2c(N3CCC[C@H]3C(=O)NC3CC3)ncnc21. The van der Waals surface area contributed by atoms with E-state index in [0.29, 0.717) is 6.04 Å². The largest absolute Gasteiger partial charge is 0.352 e. The Labute approximate surface area is 122 Å². The monoisotopic (exact) mass is 286 g/mol. The number of carbonyl (C=O) groups is 1. The van der Waals surface area contributed by atoms with Crippen LogP contribution in [0.5, 0.6) is 0 Å². The zero-order valence-corrected chi connectivity index (χ0v) is 12.0. The van der Waals surface area contributed by atoms with Crippen molar-refractivity contribution in [1.29, 1.82) is 0 Å². The highest BCUT2D eigenvalue weighted by molar-refractivity contribution is 5.92. The number of carbonyl (C=O) groups excluding carboxylic acids is 1. The Morgan fingerprint density at radius 3 is 3.00 bits per heavy atom. The van der Waals surface area contributed by atoms with Crippen LogP contribution in [0.2, 0.25) is 0 Å². The van der Waals surface area contributed by atoms with Gasteiger partial charge in [0.05, 0.1) is 11.6 Å². The summed E-state index contributed by atoms with van der Waals surface area (Å²) < 4.78 is 1.73. The van der Waals surface area contributed by atoms with E-state index in [1.165, 1.54) is 0 Å². The summed E-state index contributed by atoms with van der Waals surface area (Å²) in [7, 11) is 1.86. The number of aromatic nitrogens is 4. The summed E-state index contributed by atoms with van der Waals surface area (Å²) in [5.41, 5.74) is 0.799. The van der Waals surface area contributed by atoms with Crippen LogP contribution in [-0.2, 0) is 11.8 Å². The minimum Gasteiger partial charge on any atom is -0.352 e. The number of nitrogens with zero attached hydrogens (tertiary/aromatic N) is 5. The molecule has 1 saturated heterocycles. The number of anilines is 1. The minimum absolute atomic E-state index is 0.121. The number of fused-ring (bicyclic) bond motifs is 1. The van der Waals surface area contributed by atoms with E-state index in [-0.39, 0.29) is 11.9 Å². The second-order valence-corrected chi connectivity index (χ2v) is 5.84. The van der Waals surface area contributed by atoms with Gasteiger partial charge in [-0.25, -0.2) is 9.97 Å². The van der Waals surface area contributed by atoms with Crippen LogP contribution < -0.4 is 10.2 Å². The van der Waals surface area contributed by atoms with Gasteiger partial charge < -0.3 is 10.2 Å². The van der Waals surface area contributed by atoms with Gasteiger partial charge in [-0.1, -0.05) is 0 Å². The Morgan fingerprint density at radius 1 is 1.33 bits per heavy atom. The Bertz CT molecular complexity index is 692. The summed E-state index contributed by atoms with van der Waals surface area (Å²) in [5.74, 6) is 0.951. The number of hydrogen-bond donors (Lipinski definition) is 1. The first-order valence-corrected chi connectivity index (χ1v) is 7.44. The minimum atomic E-state index is -0.121. The summed E-state index contributed by atoms with van der Waals surface area (Å²) in [4.78, 5) is 23.2. The zero-order chi connectivity index (χ0) is 14.4. The van der Waals surface area contributed by atoms with Crippen LogP contribution in [0.15, 0.2) is 12.5 Å². The molecule has 1 aliphatic carbocycles. The van der Waals surface area contributed by atoms with E-state index < -0.39 is 0 Å². The van der Waals surface area contributed by atoms with Crippen molar-refractivity contribution < 1.29 is 4.79 Å². The molecule has 7 heteroatoms. The fourth-order valence-electron chi connectivity index (χ4n) is 3.00. The maximum atomic E-state index is 12.4. The maximum absolute atomic E-state index is 12.4. The number of aryl methyl sites for hydroxylation is 1. The lowest BCUT2D eigenvalue weighted by Crippen LogP contribution is -2.44. The molecule has 0 bridgehead atoms. The number of nitrogens with one attached hydrogen (secondary N) is 1. The van der Waals surface area contributed by atoms with E-state index in [1.54, 1.807) is 17.2 Å². The van der Waals surface area contributed by atoms with Crippen LogP contribution in [0.25, 0.3) is 11.0 Å². The van der Waals surface area contributed by atoms with Crippen molar-refractivity contribution in [2.24, 2.45) is 7.05 Å². The highest BCUT2D eigenvalue weighted by Crippen LogP contribution is 2.30. The van der Waals surface area contributed by atoms with Crippen molar-refractivity contribution in [2.75, 3.05) is 11.4 Å². The number of hydrogen-bond acceptors (Lipinski definition) is 5. The average molecular weight is 286 g/mol.